The lowest BCUT2D eigenvalue weighted by Gasteiger charge is -2.10. The number of carbonyl (C=O) groups excluding carboxylic acids is 1. The van der Waals surface area contributed by atoms with E-state index in [1.807, 2.05) is 38.1 Å². The van der Waals surface area contributed by atoms with Gasteiger partial charge in [0.2, 0.25) is 6.08 Å². The van der Waals surface area contributed by atoms with Crippen LogP contribution in [0.2, 0.25) is 0 Å². The number of benzene rings is 2. The van der Waals surface area contributed by atoms with Crippen LogP contribution in [0.1, 0.15) is 11.1 Å². The Hall–Kier alpha value is -2.58. The van der Waals surface area contributed by atoms with Crippen molar-refractivity contribution in [2.24, 2.45) is 4.99 Å². The summed E-state index contributed by atoms with van der Waals surface area (Å²) in [4.78, 5) is 13.8. The second-order valence-electron chi connectivity index (χ2n) is 4.66. The van der Waals surface area contributed by atoms with Gasteiger partial charge in [0.05, 0.1) is 5.69 Å². The van der Waals surface area contributed by atoms with Crippen molar-refractivity contribution in [3.8, 4) is 11.5 Å². The van der Waals surface area contributed by atoms with Crippen LogP contribution in [-0.4, -0.2) is 19.3 Å². The van der Waals surface area contributed by atoms with Gasteiger partial charge in [0.1, 0.15) is 24.7 Å². The lowest BCUT2D eigenvalue weighted by Crippen LogP contribution is -2.09. The van der Waals surface area contributed by atoms with Gasteiger partial charge in [0, 0.05) is 0 Å². The Morgan fingerprint density at radius 1 is 1.00 bits per heavy atom. The van der Waals surface area contributed by atoms with Crippen LogP contribution in [0.3, 0.4) is 0 Å². The molecule has 0 bridgehead atoms. The van der Waals surface area contributed by atoms with Gasteiger partial charge in [-0.1, -0.05) is 17.7 Å². The number of rotatable bonds is 6. The van der Waals surface area contributed by atoms with Crippen LogP contribution < -0.4 is 9.47 Å². The van der Waals surface area contributed by atoms with Crippen molar-refractivity contribution in [1.29, 1.82) is 0 Å². The lowest BCUT2D eigenvalue weighted by molar-refractivity contribution is 0.216. The number of hydrogen-bond donors (Lipinski definition) is 0. The summed E-state index contributed by atoms with van der Waals surface area (Å²) in [6, 6.07) is 13.2. The van der Waals surface area contributed by atoms with E-state index in [0.29, 0.717) is 18.9 Å². The van der Waals surface area contributed by atoms with Crippen molar-refractivity contribution >= 4 is 11.8 Å². The molecule has 0 aliphatic heterocycles. The summed E-state index contributed by atoms with van der Waals surface area (Å²) in [7, 11) is 0. The predicted molar refractivity (Wildman–Crippen MR) is 81.1 cm³/mol. The normalized spacial score (nSPS) is 9.81. The molecule has 2 aromatic rings. The fourth-order valence-corrected chi connectivity index (χ4v) is 1.86. The summed E-state index contributed by atoms with van der Waals surface area (Å²) in [6.45, 7) is 4.86. The minimum Gasteiger partial charge on any atom is -0.490 e. The molecule has 0 spiro atoms. The zero-order chi connectivity index (χ0) is 15.1. The second-order valence-corrected chi connectivity index (χ2v) is 4.66. The molecule has 0 atom stereocenters. The van der Waals surface area contributed by atoms with Crippen molar-refractivity contribution in [1.82, 2.24) is 0 Å². The maximum absolute atomic E-state index is 10.2. The first-order valence-electron chi connectivity index (χ1n) is 6.70. The molecule has 0 saturated carbocycles. The molecule has 21 heavy (non-hydrogen) atoms. The van der Waals surface area contributed by atoms with Gasteiger partial charge in [0.25, 0.3) is 0 Å². The van der Waals surface area contributed by atoms with Gasteiger partial charge in [0.15, 0.2) is 0 Å². The summed E-state index contributed by atoms with van der Waals surface area (Å²) in [5.74, 6) is 1.59. The Balaban J connectivity index is 1.83. The maximum atomic E-state index is 10.2. The Morgan fingerprint density at radius 2 is 1.71 bits per heavy atom. The monoisotopic (exact) mass is 283 g/mol. The van der Waals surface area contributed by atoms with E-state index in [0.717, 1.165) is 17.1 Å². The molecule has 2 rings (SSSR count). The topological polar surface area (TPSA) is 47.9 Å². The summed E-state index contributed by atoms with van der Waals surface area (Å²) in [5.41, 5.74) is 2.69. The molecule has 4 heteroatoms. The quantitative estimate of drug-likeness (QED) is 0.461. The number of ether oxygens (including phenoxy) is 2. The molecule has 0 unspecified atom stereocenters. The standard InChI is InChI=1S/C17H17NO3/c1-13-3-6-16(7-4-13)20-9-10-21-17-8-5-15(18-12-19)11-14(17)2/h3-8,11H,9-10H2,1-2H3. The fourth-order valence-electron chi connectivity index (χ4n) is 1.86. The Morgan fingerprint density at radius 3 is 2.38 bits per heavy atom. The SMILES string of the molecule is Cc1ccc(OCCOc2ccc(N=C=O)cc2C)cc1. The summed E-state index contributed by atoms with van der Waals surface area (Å²) >= 11 is 0. The van der Waals surface area contributed by atoms with E-state index in [2.05, 4.69) is 4.99 Å². The molecule has 0 N–H and O–H groups in total. The third kappa shape index (κ3) is 4.48. The minimum absolute atomic E-state index is 0.449. The van der Waals surface area contributed by atoms with E-state index in [1.165, 1.54) is 11.6 Å². The number of nitrogens with zero attached hydrogens (tertiary/aromatic N) is 1. The molecular formula is C17H17NO3. The summed E-state index contributed by atoms with van der Waals surface area (Å²) in [5, 5.41) is 0. The van der Waals surface area contributed by atoms with E-state index in [-0.39, 0.29) is 0 Å². The van der Waals surface area contributed by atoms with Crippen LogP contribution >= 0.6 is 0 Å². The average Bonchev–Trinajstić information content (AvgIpc) is 2.47. The van der Waals surface area contributed by atoms with E-state index in [4.69, 9.17) is 9.47 Å². The van der Waals surface area contributed by atoms with Crippen LogP contribution in [-0.2, 0) is 4.79 Å². The molecule has 0 fully saturated rings. The Bertz CT molecular complexity index is 644. The molecule has 0 heterocycles. The highest BCUT2D eigenvalue weighted by Crippen LogP contribution is 2.23. The molecule has 0 aliphatic carbocycles. The smallest absolute Gasteiger partial charge is 0.240 e. The summed E-state index contributed by atoms with van der Waals surface area (Å²) in [6.07, 6.45) is 1.52. The van der Waals surface area contributed by atoms with Gasteiger partial charge >= 0.3 is 0 Å². The van der Waals surface area contributed by atoms with E-state index in [1.54, 1.807) is 18.2 Å². The van der Waals surface area contributed by atoms with Gasteiger partial charge in [-0.2, -0.15) is 4.99 Å². The van der Waals surface area contributed by atoms with Crippen LogP contribution in [0.4, 0.5) is 5.69 Å². The lowest BCUT2D eigenvalue weighted by atomic mass is 10.2. The first kappa shape index (κ1) is 14.8. The second kappa shape index (κ2) is 7.27. The molecule has 0 amide bonds. The Kier molecular flexibility index (Phi) is 5.13. The number of aryl methyl sites for hydroxylation is 2. The molecule has 0 radical (unpaired) electrons. The first-order valence-corrected chi connectivity index (χ1v) is 6.70. The Labute approximate surface area is 124 Å². The number of aliphatic imine (C=N–C) groups is 1. The van der Waals surface area contributed by atoms with E-state index in [9.17, 15) is 4.79 Å². The maximum Gasteiger partial charge on any atom is 0.240 e. The fraction of sp³-hybridized carbons (Fsp3) is 0.235. The highest BCUT2D eigenvalue weighted by molar-refractivity contribution is 5.52. The van der Waals surface area contributed by atoms with Crippen LogP contribution in [0.25, 0.3) is 0 Å². The zero-order valence-corrected chi connectivity index (χ0v) is 12.1. The molecule has 4 nitrogen and oxygen atoms in total. The number of hydrogen-bond acceptors (Lipinski definition) is 4. The van der Waals surface area contributed by atoms with Gasteiger partial charge in [-0.05, 0) is 49.7 Å². The largest absolute Gasteiger partial charge is 0.490 e. The third-order valence-corrected chi connectivity index (χ3v) is 2.96. The van der Waals surface area contributed by atoms with Crippen LogP contribution in [0.15, 0.2) is 47.5 Å². The highest BCUT2D eigenvalue weighted by Gasteiger charge is 2.01. The van der Waals surface area contributed by atoms with Gasteiger partial charge < -0.3 is 9.47 Å². The third-order valence-electron chi connectivity index (χ3n) is 2.96. The molecule has 0 aromatic heterocycles. The van der Waals surface area contributed by atoms with E-state index >= 15 is 0 Å². The van der Waals surface area contributed by atoms with Crippen molar-refractivity contribution in [2.45, 2.75) is 13.8 Å². The first-order chi connectivity index (χ1) is 10.2. The van der Waals surface area contributed by atoms with Crippen molar-refractivity contribution in [3.63, 3.8) is 0 Å². The van der Waals surface area contributed by atoms with Gasteiger partial charge in [-0.3, -0.25) is 0 Å². The molecule has 108 valence electrons. The summed E-state index contributed by atoms with van der Waals surface area (Å²) < 4.78 is 11.2. The van der Waals surface area contributed by atoms with Crippen molar-refractivity contribution < 1.29 is 14.3 Å². The van der Waals surface area contributed by atoms with Crippen LogP contribution in [0, 0.1) is 13.8 Å². The van der Waals surface area contributed by atoms with Crippen molar-refractivity contribution in [3.05, 3.63) is 53.6 Å². The van der Waals surface area contributed by atoms with Crippen LogP contribution in [0.5, 0.6) is 11.5 Å². The van der Waals surface area contributed by atoms with E-state index < -0.39 is 0 Å². The highest BCUT2D eigenvalue weighted by atomic mass is 16.5. The molecule has 2 aromatic carbocycles. The average molecular weight is 283 g/mol. The zero-order valence-electron chi connectivity index (χ0n) is 12.1. The molecule has 0 saturated heterocycles. The van der Waals surface area contributed by atoms with Gasteiger partial charge in [-0.25, -0.2) is 4.79 Å². The van der Waals surface area contributed by atoms with Crippen molar-refractivity contribution in [2.75, 3.05) is 13.2 Å². The molecular weight excluding hydrogens is 266 g/mol. The molecule has 0 aliphatic rings. The number of isocyanates is 1. The van der Waals surface area contributed by atoms with Gasteiger partial charge in [-0.15, -0.1) is 0 Å². The minimum atomic E-state index is 0.449. The predicted octanol–water partition coefficient (Wildman–Crippen LogP) is 3.73.